The SMILES string of the molecule is Nc1nc2c(nc(Br)n2[C@@H]2O[C@H](CO)C[C@@H]2O)c(=O)[nH]1. The molecule has 10 heteroatoms. The number of fused-ring (bicyclic) bond motifs is 1. The van der Waals surface area contributed by atoms with Gasteiger partial charge in [0.05, 0.1) is 12.7 Å². The second-order valence-electron chi connectivity index (χ2n) is 4.51. The Labute approximate surface area is 120 Å². The van der Waals surface area contributed by atoms with Crippen molar-refractivity contribution in [3.8, 4) is 0 Å². The number of halogens is 1. The number of hydrogen-bond donors (Lipinski definition) is 4. The molecule has 20 heavy (non-hydrogen) atoms. The summed E-state index contributed by atoms with van der Waals surface area (Å²) in [7, 11) is 0. The predicted octanol–water partition coefficient (Wildman–Crippen LogP) is -0.895. The van der Waals surface area contributed by atoms with Gasteiger partial charge < -0.3 is 20.7 Å². The summed E-state index contributed by atoms with van der Waals surface area (Å²) in [5, 5.41) is 19.1. The third-order valence-electron chi connectivity index (χ3n) is 3.15. The van der Waals surface area contributed by atoms with Gasteiger partial charge in [-0.2, -0.15) is 4.98 Å². The highest BCUT2D eigenvalue weighted by atomic mass is 79.9. The molecule has 3 rings (SSSR count). The predicted molar refractivity (Wildman–Crippen MR) is 71.9 cm³/mol. The summed E-state index contributed by atoms with van der Waals surface area (Å²) in [4.78, 5) is 22.2. The largest absolute Gasteiger partial charge is 0.394 e. The number of H-pyrrole nitrogens is 1. The van der Waals surface area contributed by atoms with Crippen LogP contribution in [0.3, 0.4) is 0 Å². The van der Waals surface area contributed by atoms with Crippen LogP contribution in [0.25, 0.3) is 11.2 Å². The fourth-order valence-electron chi connectivity index (χ4n) is 2.28. The number of aromatic nitrogens is 4. The third kappa shape index (κ3) is 2.00. The van der Waals surface area contributed by atoms with Crippen LogP contribution >= 0.6 is 15.9 Å². The van der Waals surface area contributed by atoms with Crippen LogP contribution in [0.5, 0.6) is 0 Å². The van der Waals surface area contributed by atoms with Gasteiger partial charge in [-0.3, -0.25) is 14.3 Å². The molecule has 1 fully saturated rings. The Balaban J connectivity index is 2.16. The number of anilines is 1. The zero-order valence-electron chi connectivity index (χ0n) is 10.2. The first kappa shape index (κ1) is 13.5. The van der Waals surface area contributed by atoms with Crippen LogP contribution < -0.4 is 11.3 Å². The van der Waals surface area contributed by atoms with Crippen LogP contribution in [-0.2, 0) is 4.74 Å². The van der Waals surface area contributed by atoms with E-state index in [1.165, 1.54) is 4.57 Å². The second kappa shape index (κ2) is 4.81. The molecule has 2 aromatic rings. The number of imidazole rings is 1. The van der Waals surface area contributed by atoms with Crippen molar-refractivity contribution in [1.29, 1.82) is 0 Å². The molecular formula is C10H12BrN5O4. The summed E-state index contributed by atoms with van der Waals surface area (Å²) < 4.78 is 7.27. The summed E-state index contributed by atoms with van der Waals surface area (Å²) in [5.74, 6) is -0.0534. The van der Waals surface area contributed by atoms with Crippen LogP contribution in [0.1, 0.15) is 12.6 Å². The van der Waals surface area contributed by atoms with E-state index in [2.05, 4.69) is 30.9 Å². The van der Waals surface area contributed by atoms with Gasteiger partial charge in [-0.15, -0.1) is 0 Å². The second-order valence-corrected chi connectivity index (χ2v) is 5.22. The molecule has 0 amide bonds. The average molecular weight is 346 g/mol. The van der Waals surface area contributed by atoms with E-state index < -0.39 is 24.0 Å². The molecule has 9 nitrogen and oxygen atoms in total. The number of nitrogens with one attached hydrogen (secondary N) is 1. The first-order chi connectivity index (χ1) is 9.51. The van der Waals surface area contributed by atoms with Crippen molar-refractivity contribution < 1.29 is 14.9 Å². The Morgan fingerprint density at radius 3 is 2.95 bits per heavy atom. The molecule has 5 N–H and O–H groups in total. The van der Waals surface area contributed by atoms with Crippen LogP contribution in [0.4, 0.5) is 5.95 Å². The van der Waals surface area contributed by atoms with Gasteiger partial charge in [0.25, 0.3) is 5.56 Å². The maximum atomic E-state index is 11.8. The maximum Gasteiger partial charge on any atom is 0.280 e. The molecule has 0 aromatic carbocycles. The monoisotopic (exact) mass is 345 g/mol. The zero-order valence-corrected chi connectivity index (χ0v) is 11.7. The van der Waals surface area contributed by atoms with E-state index in [1.807, 2.05) is 0 Å². The number of aliphatic hydroxyl groups is 2. The van der Waals surface area contributed by atoms with Gasteiger partial charge in [-0.1, -0.05) is 0 Å². The number of aliphatic hydroxyl groups excluding tert-OH is 2. The van der Waals surface area contributed by atoms with Gasteiger partial charge in [-0.05, 0) is 15.9 Å². The molecular weight excluding hydrogens is 334 g/mol. The number of nitrogens with two attached hydrogens (primary N) is 1. The van der Waals surface area contributed by atoms with Crippen molar-refractivity contribution in [1.82, 2.24) is 19.5 Å². The van der Waals surface area contributed by atoms with Crippen molar-refractivity contribution in [3.05, 3.63) is 15.1 Å². The van der Waals surface area contributed by atoms with Crippen LogP contribution in [-0.4, -0.2) is 48.5 Å². The molecule has 1 aliphatic heterocycles. The van der Waals surface area contributed by atoms with Crippen molar-refractivity contribution >= 4 is 33.0 Å². The lowest BCUT2D eigenvalue weighted by molar-refractivity contribution is -0.0498. The standard InChI is InChI=1S/C10H12BrN5O4/c11-9-13-5-6(14-10(12)15-7(5)19)16(9)8-4(18)1-3(2-17)20-8/h3-4,8,17-18H,1-2H2,(H3,12,14,15,19)/t3-,4-,8+/m0/s1. The number of nitrogen functional groups attached to an aromatic ring is 1. The van der Waals surface area contributed by atoms with Crippen LogP contribution in [0, 0.1) is 0 Å². The van der Waals surface area contributed by atoms with E-state index in [-0.39, 0.29) is 30.1 Å². The van der Waals surface area contributed by atoms with E-state index in [4.69, 9.17) is 15.6 Å². The molecule has 0 unspecified atom stereocenters. The van der Waals surface area contributed by atoms with E-state index in [0.29, 0.717) is 4.73 Å². The van der Waals surface area contributed by atoms with Gasteiger partial charge in [0.15, 0.2) is 22.1 Å². The highest BCUT2D eigenvalue weighted by Crippen LogP contribution is 2.33. The normalized spacial score (nSPS) is 26.4. The Kier molecular flexibility index (Phi) is 3.24. The third-order valence-corrected chi connectivity index (χ3v) is 3.71. The fraction of sp³-hybridized carbons (Fsp3) is 0.500. The van der Waals surface area contributed by atoms with Crippen molar-refractivity contribution in [3.63, 3.8) is 0 Å². The van der Waals surface area contributed by atoms with Crippen molar-refractivity contribution in [2.45, 2.75) is 24.9 Å². The van der Waals surface area contributed by atoms with Crippen LogP contribution in [0.15, 0.2) is 9.53 Å². The zero-order chi connectivity index (χ0) is 14.4. The molecule has 3 atom stereocenters. The number of rotatable bonds is 2. The van der Waals surface area contributed by atoms with Gasteiger partial charge >= 0.3 is 0 Å². The Bertz CT molecular complexity index is 713. The average Bonchev–Trinajstić information content (AvgIpc) is 2.89. The molecule has 0 spiro atoms. The quantitative estimate of drug-likeness (QED) is 0.517. The number of hydrogen-bond acceptors (Lipinski definition) is 7. The summed E-state index contributed by atoms with van der Waals surface area (Å²) >= 11 is 3.21. The molecule has 1 aliphatic rings. The summed E-state index contributed by atoms with van der Waals surface area (Å²) in [6.45, 7) is -0.200. The van der Waals surface area contributed by atoms with Crippen molar-refractivity contribution in [2.24, 2.45) is 0 Å². The number of aromatic amines is 1. The minimum atomic E-state index is -0.844. The van der Waals surface area contributed by atoms with E-state index in [9.17, 15) is 9.90 Å². The lowest BCUT2D eigenvalue weighted by atomic mass is 10.2. The topological polar surface area (TPSA) is 139 Å². The maximum absolute atomic E-state index is 11.8. The Hall–Kier alpha value is -1.49. The smallest absolute Gasteiger partial charge is 0.280 e. The molecule has 0 saturated carbocycles. The fourth-order valence-corrected chi connectivity index (χ4v) is 2.83. The number of nitrogens with zero attached hydrogens (tertiary/aromatic N) is 3. The highest BCUT2D eigenvalue weighted by molar-refractivity contribution is 9.10. The Morgan fingerprint density at radius 1 is 1.55 bits per heavy atom. The first-order valence-corrected chi connectivity index (χ1v) is 6.68. The molecule has 2 aromatic heterocycles. The Morgan fingerprint density at radius 2 is 2.30 bits per heavy atom. The van der Waals surface area contributed by atoms with Crippen molar-refractivity contribution in [2.75, 3.05) is 12.3 Å². The van der Waals surface area contributed by atoms with Gasteiger partial charge in [-0.25, -0.2) is 4.98 Å². The van der Waals surface area contributed by atoms with Gasteiger partial charge in [0.2, 0.25) is 5.95 Å². The van der Waals surface area contributed by atoms with Gasteiger partial charge in [0.1, 0.15) is 6.10 Å². The van der Waals surface area contributed by atoms with E-state index in [1.54, 1.807) is 0 Å². The van der Waals surface area contributed by atoms with E-state index >= 15 is 0 Å². The number of ether oxygens (including phenoxy) is 1. The summed E-state index contributed by atoms with van der Waals surface area (Å²) in [6, 6.07) is 0. The molecule has 0 aliphatic carbocycles. The first-order valence-electron chi connectivity index (χ1n) is 5.89. The molecule has 1 saturated heterocycles. The molecule has 108 valence electrons. The molecule has 0 bridgehead atoms. The van der Waals surface area contributed by atoms with Gasteiger partial charge in [0, 0.05) is 6.42 Å². The molecule has 0 radical (unpaired) electrons. The summed E-state index contributed by atoms with van der Waals surface area (Å²) in [6.07, 6.45) is -1.83. The van der Waals surface area contributed by atoms with Crippen LogP contribution in [0.2, 0.25) is 0 Å². The lowest BCUT2D eigenvalue weighted by Gasteiger charge is -2.17. The highest BCUT2D eigenvalue weighted by Gasteiger charge is 2.37. The minimum absolute atomic E-state index is 0.0534. The summed E-state index contributed by atoms with van der Waals surface area (Å²) in [5.41, 5.74) is 5.35. The van der Waals surface area contributed by atoms with E-state index in [0.717, 1.165) is 0 Å². The molecule has 3 heterocycles. The minimum Gasteiger partial charge on any atom is -0.394 e. The lowest BCUT2D eigenvalue weighted by Crippen LogP contribution is -2.21.